The van der Waals surface area contributed by atoms with Crippen LogP contribution in [0.1, 0.15) is 238 Å². The fourth-order valence-electron chi connectivity index (χ4n) is 23.0. The zero-order valence-corrected chi connectivity index (χ0v) is 48.0. The molecule has 0 aromatic rings. The third-order valence-corrected chi connectivity index (χ3v) is 26.2. The Kier molecular flexibility index (Phi) is 16.1. The summed E-state index contributed by atoms with van der Waals surface area (Å²) in [7, 11) is 0. The number of hydrogen-bond donors (Lipinski definition) is 5. The number of rotatable bonds is 10. The molecule has 76 heavy (non-hydrogen) atoms. The van der Waals surface area contributed by atoms with E-state index in [2.05, 4.69) is 46.2 Å². The SMILES string of the molecule is C1CCC(N(C2CCCCC2)C2CCC3C(C2)C2CNCCC2N3C2CCC(C3NC4CC5NC(C6CCC(N7C8CCNCC8C8CC(N(C9CCCCC9)C9CCCCC9)CCC87)CC6)OC5NC4O3)CC2)CC1. The van der Waals surface area contributed by atoms with E-state index >= 15 is 0 Å². The Labute approximate surface area is 462 Å². The number of ether oxygens (including phenoxy) is 2. The summed E-state index contributed by atoms with van der Waals surface area (Å²) in [6, 6.07) is 10.7. The fraction of sp³-hybridized carbons (Fsp3) is 1.00. The van der Waals surface area contributed by atoms with E-state index in [0.717, 1.165) is 103 Å². The summed E-state index contributed by atoms with van der Waals surface area (Å²) >= 11 is 0. The lowest BCUT2D eigenvalue weighted by Gasteiger charge is -2.50. The van der Waals surface area contributed by atoms with Crippen molar-refractivity contribution in [2.75, 3.05) is 26.2 Å². The van der Waals surface area contributed by atoms with Gasteiger partial charge in [-0.05, 0) is 222 Å². The zero-order chi connectivity index (χ0) is 50.1. The molecule has 7 heterocycles. The van der Waals surface area contributed by atoms with Crippen LogP contribution >= 0.6 is 0 Å². The number of hydrogen-bond acceptors (Lipinski definition) is 11. The number of nitrogens with zero attached hydrogens (tertiary/aromatic N) is 4. The van der Waals surface area contributed by atoms with E-state index in [1.165, 1.54) is 257 Å². The van der Waals surface area contributed by atoms with Gasteiger partial charge in [0.2, 0.25) is 0 Å². The second kappa shape index (κ2) is 23.3. The zero-order valence-electron chi connectivity index (χ0n) is 48.0. The van der Waals surface area contributed by atoms with Gasteiger partial charge in [-0.3, -0.25) is 35.6 Å². The largest absolute Gasteiger partial charge is 0.343 e. The number of fused-ring (bicyclic) bond motifs is 8. The molecule has 0 bridgehead atoms. The quantitative estimate of drug-likeness (QED) is 0.145. The van der Waals surface area contributed by atoms with Crippen molar-refractivity contribution >= 4 is 0 Å². The molecule has 16 unspecified atom stereocenters. The van der Waals surface area contributed by atoms with E-state index in [0.29, 0.717) is 23.9 Å². The van der Waals surface area contributed by atoms with Crippen LogP contribution in [0.15, 0.2) is 0 Å². The van der Waals surface area contributed by atoms with Crippen LogP contribution in [0.3, 0.4) is 0 Å². The molecule has 15 fully saturated rings. The molecule has 7 saturated heterocycles. The minimum atomic E-state index is 0.0700. The first-order valence-electron chi connectivity index (χ1n) is 34.8. The Hall–Kier alpha value is -0.440. The highest BCUT2D eigenvalue weighted by Crippen LogP contribution is 2.53. The first-order chi connectivity index (χ1) is 37.7. The molecule has 16 atom stereocenters. The van der Waals surface area contributed by atoms with E-state index in [9.17, 15) is 0 Å². The molecule has 7 aliphatic heterocycles. The van der Waals surface area contributed by atoms with Gasteiger partial charge < -0.3 is 20.1 Å². The number of piperidine rings is 3. The summed E-state index contributed by atoms with van der Waals surface area (Å²) in [6.45, 7) is 4.99. The van der Waals surface area contributed by atoms with Crippen molar-refractivity contribution in [3.05, 3.63) is 0 Å². The van der Waals surface area contributed by atoms with Crippen LogP contribution in [-0.4, -0.2) is 155 Å². The van der Waals surface area contributed by atoms with Crippen molar-refractivity contribution in [1.82, 2.24) is 46.2 Å². The van der Waals surface area contributed by atoms with E-state index < -0.39 is 0 Å². The van der Waals surface area contributed by atoms with E-state index in [4.69, 9.17) is 9.47 Å². The Morgan fingerprint density at radius 3 is 1.05 bits per heavy atom. The predicted octanol–water partition coefficient (Wildman–Crippen LogP) is 9.98. The summed E-state index contributed by atoms with van der Waals surface area (Å²) in [5.74, 6) is 4.76. The minimum Gasteiger partial charge on any atom is -0.343 e. The second-order valence-corrected chi connectivity index (χ2v) is 29.8. The van der Waals surface area contributed by atoms with Gasteiger partial charge in [0, 0.05) is 72.5 Å². The van der Waals surface area contributed by atoms with Crippen LogP contribution in [0.2, 0.25) is 0 Å². The lowest BCUT2D eigenvalue weighted by molar-refractivity contribution is -0.0875. The van der Waals surface area contributed by atoms with Gasteiger partial charge in [-0.15, -0.1) is 0 Å². The number of likely N-dealkylation sites (tertiary alicyclic amines) is 2. The maximum atomic E-state index is 7.03. The van der Waals surface area contributed by atoms with E-state index in [1.54, 1.807) is 0 Å². The maximum Gasteiger partial charge on any atom is 0.127 e. The van der Waals surface area contributed by atoms with Gasteiger partial charge in [0.1, 0.15) is 24.9 Å². The summed E-state index contributed by atoms with van der Waals surface area (Å²) in [6.07, 6.45) is 53.5. The van der Waals surface area contributed by atoms with Crippen LogP contribution in [0.5, 0.6) is 0 Å². The molecular formula is C65H111N9O2. The minimum absolute atomic E-state index is 0.0700. The van der Waals surface area contributed by atoms with Crippen molar-refractivity contribution in [2.45, 2.75) is 347 Å². The lowest BCUT2D eigenvalue weighted by atomic mass is 9.73. The summed E-state index contributed by atoms with van der Waals surface area (Å²) in [5.41, 5.74) is 0. The second-order valence-electron chi connectivity index (χ2n) is 29.8. The smallest absolute Gasteiger partial charge is 0.127 e. The van der Waals surface area contributed by atoms with Gasteiger partial charge >= 0.3 is 0 Å². The van der Waals surface area contributed by atoms with Gasteiger partial charge in [0.25, 0.3) is 0 Å². The van der Waals surface area contributed by atoms with Gasteiger partial charge in [-0.1, -0.05) is 77.0 Å². The third kappa shape index (κ3) is 10.1. The highest BCUT2D eigenvalue weighted by molar-refractivity contribution is 5.12. The first-order valence-corrected chi connectivity index (χ1v) is 34.8. The third-order valence-electron chi connectivity index (χ3n) is 26.2. The summed E-state index contributed by atoms with van der Waals surface area (Å²) in [4.78, 5) is 12.9. The standard InChI is InChI=1S/C65H111N9O2/c1-5-13-44(14-6-1)71(45-15-7-2-8-16-45)50-29-31-58-52(37-50)54-40-66-35-33-60(54)73(58)48-25-21-42(22-26-48)62-68-56-39-57-65(70-64(56)75-62)76-63(69-57)43-23-27-49(28-24-43)74-59-32-30-51(38-53(59)55-41-67-36-34-61(55)74)72(46-17-9-3-10-18-46)47-19-11-4-12-20-47/h42-70H,1-41H2. The van der Waals surface area contributed by atoms with Crippen molar-refractivity contribution in [3.63, 3.8) is 0 Å². The highest BCUT2D eigenvalue weighted by atomic mass is 16.6. The Morgan fingerprint density at radius 2 is 0.671 bits per heavy atom. The molecule has 0 spiro atoms. The van der Waals surface area contributed by atoms with Crippen molar-refractivity contribution in [1.29, 1.82) is 0 Å². The molecule has 11 heteroatoms. The lowest BCUT2D eigenvalue weighted by Crippen LogP contribution is -2.58. The van der Waals surface area contributed by atoms with E-state index in [1.807, 2.05) is 0 Å². The van der Waals surface area contributed by atoms with Crippen molar-refractivity contribution < 1.29 is 9.47 Å². The maximum absolute atomic E-state index is 7.03. The van der Waals surface area contributed by atoms with Crippen LogP contribution in [-0.2, 0) is 9.47 Å². The fourth-order valence-corrected chi connectivity index (χ4v) is 23.0. The molecule has 11 nitrogen and oxygen atoms in total. The molecule has 15 aliphatic rings. The van der Waals surface area contributed by atoms with Crippen LogP contribution in [0, 0.1) is 35.5 Å². The molecule has 428 valence electrons. The van der Waals surface area contributed by atoms with Gasteiger partial charge in [0.15, 0.2) is 0 Å². The molecular weight excluding hydrogens is 939 g/mol. The molecule has 0 aromatic carbocycles. The van der Waals surface area contributed by atoms with Crippen LogP contribution < -0.4 is 26.6 Å². The molecule has 8 aliphatic carbocycles. The molecule has 0 aromatic heterocycles. The summed E-state index contributed by atoms with van der Waals surface area (Å²) in [5, 5.41) is 20.1. The highest BCUT2D eigenvalue weighted by Gasteiger charge is 2.58. The predicted molar refractivity (Wildman–Crippen MR) is 305 cm³/mol. The normalized spacial score (nSPS) is 48.6. The molecule has 0 radical (unpaired) electrons. The first kappa shape index (κ1) is 52.4. The topological polar surface area (TPSA) is 91.6 Å². The Balaban J connectivity index is 0.533. The number of nitrogens with one attached hydrogen (secondary N) is 5. The van der Waals surface area contributed by atoms with Crippen molar-refractivity contribution in [3.8, 4) is 0 Å². The Bertz CT molecular complexity index is 1680. The summed E-state index contributed by atoms with van der Waals surface area (Å²) < 4.78 is 14.1. The van der Waals surface area contributed by atoms with Gasteiger partial charge in [0.05, 0.1) is 12.1 Å². The van der Waals surface area contributed by atoms with Crippen LogP contribution in [0.4, 0.5) is 0 Å². The molecule has 8 saturated carbocycles. The van der Waals surface area contributed by atoms with Crippen LogP contribution in [0.25, 0.3) is 0 Å². The van der Waals surface area contributed by atoms with E-state index in [-0.39, 0.29) is 24.9 Å². The molecule has 5 N–H and O–H groups in total. The monoisotopic (exact) mass is 1050 g/mol. The van der Waals surface area contributed by atoms with Gasteiger partial charge in [-0.2, -0.15) is 0 Å². The molecule has 0 amide bonds. The average molecular weight is 1050 g/mol. The average Bonchev–Trinajstić information content (AvgIpc) is 4.32. The van der Waals surface area contributed by atoms with Crippen molar-refractivity contribution in [2.24, 2.45) is 35.5 Å². The van der Waals surface area contributed by atoms with Gasteiger partial charge in [-0.25, -0.2) is 0 Å². The molecule has 15 rings (SSSR count). The Morgan fingerprint density at radius 1 is 0.303 bits per heavy atom.